The van der Waals surface area contributed by atoms with Gasteiger partial charge in [-0.05, 0) is 30.2 Å². The molecule has 0 atom stereocenters. The van der Waals surface area contributed by atoms with Crippen molar-refractivity contribution in [1.29, 1.82) is 0 Å². The lowest BCUT2D eigenvalue weighted by atomic mass is 10.2. The van der Waals surface area contributed by atoms with Gasteiger partial charge in [-0.25, -0.2) is 8.42 Å². The van der Waals surface area contributed by atoms with Crippen LogP contribution in [0.2, 0.25) is 5.02 Å². The first kappa shape index (κ1) is 10.8. The smallest absolute Gasteiger partial charge is 0.216 e. The number of azide groups is 1. The molecule has 0 aliphatic carbocycles. The normalized spacial score (nSPS) is 10.7. The molecule has 0 N–H and O–H groups in total. The minimum atomic E-state index is -3.93. The molecule has 0 aliphatic rings. The molecule has 0 fully saturated rings. The van der Waals surface area contributed by atoms with Gasteiger partial charge in [0, 0.05) is 14.5 Å². The number of hydrogen-bond acceptors (Lipinski definition) is 2. The number of halogens is 1. The SMILES string of the molecule is Cc1ccc(S(=O)(=O)N=[N+]=[N-])cc1Cl. The van der Waals surface area contributed by atoms with Crippen molar-refractivity contribution in [3.8, 4) is 0 Å². The predicted octanol–water partition coefficient (Wildman–Crippen LogP) is 2.65. The van der Waals surface area contributed by atoms with Crippen molar-refractivity contribution in [3.63, 3.8) is 0 Å². The lowest BCUT2D eigenvalue weighted by Crippen LogP contribution is -1.95. The fourth-order valence-electron chi connectivity index (χ4n) is 0.829. The van der Waals surface area contributed by atoms with E-state index in [1.165, 1.54) is 12.1 Å². The van der Waals surface area contributed by atoms with E-state index in [0.29, 0.717) is 5.02 Å². The van der Waals surface area contributed by atoms with Crippen LogP contribution in [-0.4, -0.2) is 8.42 Å². The molecule has 14 heavy (non-hydrogen) atoms. The van der Waals surface area contributed by atoms with E-state index in [4.69, 9.17) is 17.1 Å². The molecule has 0 spiro atoms. The summed E-state index contributed by atoms with van der Waals surface area (Å²) in [5, 5.41) is 0.319. The van der Waals surface area contributed by atoms with Gasteiger partial charge < -0.3 is 0 Å². The molecule has 0 amide bonds. The summed E-state index contributed by atoms with van der Waals surface area (Å²) in [7, 11) is -3.93. The Hall–Kier alpha value is -1.23. The molecule has 0 unspecified atom stereocenters. The summed E-state index contributed by atoms with van der Waals surface area (Å²) in [6, 6.07) is 4.13. The first-order chi connectivity index (χ1) is 6.47. The van der Waals surface area contributed by atoms with Gasteiger partial charge in [0.25, 0.3) is 10.0 Å². The van der Waals surface area contributed by atoms with Crippen molar-refractivity contribution in [3.05, 3.63) is 39.2 Å². The van der Waals surface area contributed by atoms with Gasteiger partial charge in [-0.3, -0.25) is 0 Å². The van der Waals surface area contributed by atoms with Crippen LogP contribution in [0, 0.1) is 6.92 Å². The molecule has 0 aromatic heterocycles. The zero-order valence-electron chi connectivity index (χ0n) is 7.18. The van der Waals surface area contributed by atoms with Crippen LogP contribution in [0.5, 0.6) is 0 Å². The van der Waals surface area contributed by atoms with E-state index >= 15 is 0 Å². The Kier molecular flexibility index (Phi) is 3.00. The minimum Gasteiger partial charge on any atom is -0.216 e. The molecule has 5 nitrogen and oxygen atoms in total. The van der Waals surface area contributed by atoms with Crippen molar-refractivity contribution in [2.75, 3.05) is 0 Å². The molecule has 74 valence electrons. The maximum absolute atomic E-state index is 11.2. The zero-order chi connectivity index (χ0) is 10.8. The van der Waals surface area contributed by atoms with Crippen LogP contribution in [0.25, 0.3) is 10.4 Å². The maximum atomic E-state index is 11.2. The van der Waals surface area contributed by atoms with Gasteiger partial charge in [0.15, 0.2) is 0 Å². The third-order valence-electron chi connectivity index (χ3n) is 1.59. The summed E-state index contributed by atoms with van der Waals surface area (Å²) in [6.07, 6.45) is 0. The molecule has 0 bridgehead atoms. The first-order valence-electron chi connectivity index (χ1n) is 3.55. The van der Waals surface area contributed by atoms with Gasteiger partial charge in [0.05, 0.1) is 4.90 Å². The van der Waals surface area contributed by atoms with E-state index in [9.17, 15) is 8.42 Å². The van der Waals surface area contributed by atoms with Gasteiger partial charge in [-0.2, -0.15) is 0 Å². The predicted molar refractivity (Wildman–Crippen MR) is 52.5 cm³/mol. The highest BCUT2D eigenvalue weighted by Gasteiger charge is 2.12. The largest absolute Gasteiger partial charge is 0.264 e. The molecule has 0 saturated carbocycles. The molecule has 1 rings (SSSR count). The highest BCUT2D eigenvalue weighted by atomic mass is 35.5. The van der Waals surface area contributed by atoms with Crippen molar-refractivity contribution in [2.45, 2.75) is 11.8 Å². The van der Waals surface area contributed by atoms with Crippen LogP contribution in [0.3, 0.4) is 0 Å². The van der Waals surface area contributed by atoms with E-state index in [1.54, 1.807) is 13.0 Å². The maximum Gasteiger partial charge on any atom is 0.264 e. The highest BCUT2D eigenvalue weighted by molar-refractivity contribution is 7.90. The summed E-state index contributed by atoms with van der Waals surface area (Å²) >= 11 is 5.72. The van der Waals surface area contributed by atoms with Crippen LogP contribution < -0.4 is 0 Å². The number of benzene rings is 1. The fourth-order valence-corrected chi connectivity index (χ4v) is 1.77. The molecule has 0 saturated heterocycles. The monoisotopic (exact) mass is 231 g/mol. The highest BCUT2D eigenvalue weighted by Crippen LogP contribution is 2.21. The van der Waals surface area contributed by atoms with Crippen LogP contribution in [-0.2, 0) is 10.0 Å². The average Bonchev–Trinajstić information content (AvgIpc) is 2.09. The molecular weight excluding hydrogens is 226 g/mol. The zero-order valence-corrected chi connectivity index (χ0v) is 8.75. The summed E-state index contributed by atoms with van der Waals surface area (Å²) in [5.74, 6) is 0. The topological polar surface area (TPSA) is 82.9 Å². The lowest BCUT2D eigenvalue weighted by molar-refractivity contribution is 0.597. The second-order valence-electron chi connectivity index (χ2n) is 2.56. The molecule has 0 radical (unpaired) electrons. The van der Waals surface area contributed by atoms with Crippen LogP contribution in [0.15, 0.2) is 27.6 Å². The van der Waals surface area contributed by atoms with E-state index < -0.39 is 10.0 Å². The molecule has 1 aromatic rings. The fraction of sp³-hybridized carbons (Fsp3) is 0.143. The molecule has 7 heteroatoms. The third-order valence-corrected chi connectivity index (χ3v) is 3.13. The molecule has 0 heterocycles. The Morgan fingerprint density at radius 2 is 2.14 bits per heavy atom. The Morgan fingerprint density at radius 3 is 2.64 bits per heavy atom. The van der Waals surface area contributed by atoms with E-state index in [-0.39, 0.29) is 4.90 Å². The second-order valence-corrected chi connectivity index (χ2v) is 4.55. The molecule has 1 aromatic carbocycles. The number of rotatable bonds is 2. The Balaban J connectivity index is 3.35. The number of sulfonamides is 1. The van der Waals surface area contributed by atoms with Crippen molar-refractivity contribution in [1.82, 2.24) is 0 Å². The van der Waals surface area contributed by atoms with Gasteiger partial charge in [-0.1, -0.05) is 17.7 Å². The second kappa shape index (κ2) is 3.88. The summed E-state index contributed by atoms with van der Waals surface area (Å²) < 4.78 is 25.1. The molecular formula is C7H6ClN3O2S. The van der Waals surface area contributed by atoms with Gasteiger partial charge >= 0.3 is 0 Å². The number of nitrogens with zero attached hydrogens (tertiary/aromatic N) is 3. The molecule has 0 aliphatic heterocycles. The third kappa shape index (κ3) is 2.17. The number of hydrogen-bond donors (Lipinski definition) is 0. The Bertz CT molecular complexity index is 506. The van der Waals surface area contributed by atoms with Crippen molar-refractivity contribution >= 4 is 21.6 Å². The van der Waals surface area contributed by atoms with E-state index in [0.717, 1.165) is 5.56 Å². The summed E-state index contributed by atoms with van der Waals surface area (Å²) in [4.78, 5) is 2.12. The van der Waals surface area contributed by atoms with Crippen molar-refractivity contribution in [2.24, 2.45) is 4.52 Å². The average molecular weight is 232 g/mol. The van der Waals surface area contributed by atoms with E-state index in [1.807, 2.05) is 0 Å². The number of aryl methyl sites for hydroxylation is 1. The minimum absolute atomic E-state index is 0.106. The van der Waals surface area contributed by atoms with Gasteiger partial charge in [0.2, 0.25) is 0 Å². The lowest BCUT2D eigenvalue weighted by Gasteiger charge is -2.00. The summed E-state index contributed by atoms with van der Waals surface area (Å²) in [5.41, 5.74) is 8.79. The first-order valence-corrected chi connectivity index (χ1v) is 5.37. The summed E-state index contributed by atoms with van der Waals surface area (Å²) in [6.45, 7) is 1.74. The van der Waals surface area contributed by atoms with Crippen molar-refractivity contribution < 1.29 is 8.42 Å². The Labute approximate surface area is 86.0 Å². The quantitative estimate of drug-likeness (QED) is 0.445. The van der Waals surface area contributed by atoms with Crippen LogP contribution >= 0.6 is 11.6 Å². The standard InChI is InChI=1S/C7H6ClN3O2S/c1-5-2-3-6(4-7(5)8)14(12,13)11-10-9/h2-4H,1H3. The van der Waals surface area contributed by atoms with Crippen LogP contribution in [0.4, 0.5) is 0 Å². The van der Waals surface area contributed by atoms with E-state index in [2.05, 4.69) is 9.43 Å². The van der Waals surface area contributed by atoms with Crippen LogP contribution in [0.1, 0.15) is 5.56 Å². The van der Waals surface area contributed by atoms with Gasteiger partial charge in [-0.15, -0.1) is 0 Å². The Morgan fingerprint density at radius 1 is 1.50 bits per heavy atom. The van der Waals surface area contributed by atoms with Gasteiger partial charge in [0.1, 0.15) is 0 Å².